The van der Waals surface area contributed by atoms with Crippen molar-refractivity contribution in [2.24, 2.45) is 0 Å². The van der Waals surface area contributed by atoms with Crippen molar-refractivity contribution in [1.29, 1.82) is 0 Å². The number of piperidine rings is 1. The third kappa shape index (κ3) is 7.64. The van der Waals surface area contributed by atoms with Crippen molar-refractivity contribution in [3.63, 3.8) is 0 Å². The number of nitrogens with one attached hydrogen (secondary N) is 1. The number of hydrogen-bond donors (Lipinski definition) is 1. The van der Waals surface area contributed by atoms with Gasteiger partial charge in [0.05, 0.1) is 0 Å². The van der Waals surface area contributed by atoms with Gasteiger partial charge in [-0.2, -0.15) is 0 Å². The number of thiophene rings is 1. The fourth-order valence-corrected chi connectivity index (χ4v) is 8.48. The fourth-order valence-electron chi connectivity index (χ4n) is 5.19. The second-order valence-electron chi connectivity index (χ2n) is 11.5. The van der Waals surface area contributed by atoms with Crippen molar-refractivity contribution in [2.75, 3.05) is 19.7 Å². The Bertz CT molecular complexity index is 1570. The van der Waals surface area contributed by atoms with Crippen LogP contribution in [0.15, 0.2) is 60.7 Å². The molecule has 0 bridgehead atoms. The molecule has 43 heavy (non-hydrogen) atoms. The summed E-state index contributed by atoms with van der Waals surface area (Å²) in [6, 6.07) is 19.4. The zero-order chi connectivity index (χ0) is 30.4. The van der Waals surface area contributed by atoms with E-state index < -0.39 is 27.4 Å². The Morgan fingerprint density at radius 3 is 2.44 bits per heavy atom. The molecule has 0 aliphatic carbocycles. The van der Waals surface area contributed by atoms with Gasteiger partial charge in [-0.3, -0.25) is 0 Å². The van der Waals surface area contributed by atoms with Crippen LogP contribution < -0.4 is 9.80 Å². The summed E-state index contributed by atoms with van der Waals surface area (Å²) >= 11 is -0.233. The quantitative estimate of drug-likeness (QED) is 0.170. The Morgan fingerprint density at radius 2 is 1.74 bits per heavy atom. The van der Waals surface area contributed by atoms with Crippen LogP contribution in [0.5, 0.6) is 0 Å². The monoisotopic (exact) mass is 662 g/mol. The molecule has 2 aromatic heterocycles. The predicted octanol–water partition coefficient (Wildman–Crippen LogP) is 5.44. The minimum atomic E-state index is -1.42. The maximum atomic E-state index is 13.4. The zero-order valence-electron chi connectivity index (χ0n) is 25.0. The van der Waals surface area contributed by atoms with Crippen LogP contribution in [0.3, 0.4) is 0 Å². The molecule has 226 valence electrons. The van der Waals surface area contributed by atoms with E-state index in [0.29, 0.717) is 25.1 Å². The zero-order valence-corrected chi connectivity index (χ0v) is 27.9. The first-order valence-corrected chi connectivity index (χ1v) is 17.9. The first kappa shape index (κ1) is 31.2. The van der Waals surface area contributed by atoms with Gasteiger partial charge in [-0.05, 0) is 0 Å². The predicted molar refractivity (Wildman–Crippen MR) is 173 cm³/mol. The van der Waals surface area contributed by atoms with Crippen LogP contribution in [-0.2, 0) is 16.8 Å². The Morgan fingerprint density at radius 1 is 1.02 bits per heavy atom. The van der Waals surface area contributed by atoms with E-state index in [1.165, 1.54) is 40.8 Å². The summed E-state index contributed by atoms with van der Waals surface area (Å²) in [6.45, 7) is 9.36. The van der Waals surface area contributed by atoms with Crippen molar-refractivity contribution in [3.05, 3.63) is 82.2 Å². The molecule has 8 nitrogen and oxygen atoms in total. The standard InChI is InChI=1S/C33H39AsN4O4S/c1-4-5-20-42-32(41)38-31-26(21-27(43-31)30(40)35-33(2,3)25-12-8-6-9-13-25)28(36-38)34-29(39)24-16-14-23(15-17-24)22-37-18-10-7-11-19-37/h6,8-9,12-17,21,34H,4-5,7,10-11,18-20,22H2,1-3H3,(H,35,40). The van der Waals surface area contributed by atoms with E-state index in [2.05, 4.69) is 15.3 Å². The molecule has 1 amide bonds. The van der Waals surface area contributed by atoms with Crippen molar-refractivity contribution >= 4 is 58.4 Å². The number of nitrogens with zero attached hydrogens (tertiary/aromatic N) is 3. The van der Waals surface area contributed by atoms with Crippen LogP contribution >= 0.6 is 11.3 Å². The number of aromatic nitrogens is 2. The number of amides is 1. The van der Waals surface area contributed by atoms with Crippen LogP contribution in [0.2, 0.25) is 0 Å². The van der Waals surface area contributed by atoms with Crippen LogP contribution in [0, 0.1) is 0 Å². The summed E-state index contributed by atoms with van der Waals surface area (Å²) in [4.78, 5) is 43.3. The van der Waals surface area contributed by atoms with Crippen molar-refractivity contribution in [2.45, 2.75) is 65.0 Å². The number of hydrogen-bond acceptors (Lipinski definition) is 7. The molecule has 0 saturated carbocycles. The number of ether oxygens (including phenoxy) is 1. The van der Waals surface area contributed by atoms with Gasteiger partial charge in [-0.1, -0.05) is 0 Å². The molecule has 0 radical (unpaired) electrons. The summed E-state index contributed by atoms with van der Waals surface area (Å²) in [5, 5.41) is 8.34. The maximum absolute atomic E-state index is 13.4. The van der Waals surface area contributed by atoms with Crippen molar-refractivity contribution in [3.8, 4) is 0 Å². The van der Waals surface area contributed by atoms with Gasteiger partial charge in [-0.25, -0.2) is 0 Å². The van der Waals surface area contributed by atoms with Crippen molar-refractivity contribution < 1.29 is 19.1 Å². The summed E-state index contributed by atoms with van der Waals surface area (Å²) in [5.74, 6) is -0.248. The first-order valence-electron chi connectivity index (χ1n) is 15.0. The van der Waals surface area contributed by atoms with E-state index in [9.17, 15) is 14.4 Å². The summed E-state index contributed by atoms with van der Waals surface area (Å²) < 4.78 is 7.28. The molecule has 1 N–H and O–H groups in total. The Labute approximate surface area is 263 Å². The molecule has 5 rings (SSSR count). The number of likely N-dealkylation sites (tertiary alicyclic amines) is 1. The van der Waals surface area contributed by atoms with Crippen LogP contribution in [0.25, 0.3) is 10.2 Å². The van der Waals surface area contributed by atoms with E-state index in [0.717, 1.165) is 38.0 Å². The van der Waals surface area contributed by atoms with Gasteiger partial charge < -0.3 is 0 Å². The molecule has 10 heteroatoms. The van der Waals surface area contributed by atoms with E-state index >= 15 is 0 Å². The average molecular weight is 663 g/mol. The van der Waals surface area contributed by atoms with E-state index in [1.807, 2.05) is 75.4 Å². The number of fused-ring (bicyclic) bond motifs is 1. The Balaban J connectivity index is 1.37. The van der Waals surface area contributed by atoms with Gasteiger partial charge >= 0.3 is 264 Å². The van der Waals surface area contributed by atoms with Gasteiger partial charge in [-0.15, -0.1) is 0 Å². The molecule has 1 atom stereocenters. The molecular weight excluding hydrogens is 623 g/mol. The molecule has 1 unspecified atom stereocenters. The van der Waals surface area contributed by atoms with Crippen LogP contribution in [0.1, 0.15) is 84.0 Å². The summed E-state index contributed by atoms with van der Waals surface area (Å²) in [5.41, 5.74) is 2.22. The normalized spacial score (nSPS) is 14.4. The molecule has 3 heterocycles. The van der Waals surface area contributed by atoms with Crippen molar-refractivity contribution in [1.82, 2.24) is 20.0 Å². The van der Waals surface area contributed by atoms with Gasteiger partial charge in [0.1, 0.15) is 0 Å². The van der Waals surface area contributed by atoms with Gasteiger partial charge in [0.25, 0.3) is 0 Å². The minimum absolute atomic E-state index is 0.0258. The van der Waals surface area contributed by atoms with E-state index in [4.69, 9.17) is 4.74 Å². The second kappa shape index (κ2) is 14.0. The summed E-state index contributed by atoms with van der Waals surface area (Å²) in [7, 11) is 0. The Hall–Kier alpha value is -3.26. The van der Waals surface area contributed by atoms with Crippen LogP contribution in [0.4, 0.5) is 4.79 Å². The first-order chi connectivity index (χ1) is 20.7. The topological polar surface area (TPSA) is 93.5 Å². The van der Waals surface area contributed by atoms with E-state index in [-0.39, 0.29) is 17.1 Å². The Kier molecular flexibility index (Phi) is 10.2. The third-order valence-corrected chi connectivity index (χ3v) is 11.2. The number of carbonyl (C=O) groups excluding carboxylic acids is 3. The van der Waals surface area contributed by atoms with E-state index in [1.54, 1.807) is 6.07 Å². The number of carbonyl (C=O) groups is 3. The SMILES string of the molecule is CCCCOC(=O)n1nc([AsH]C(=O)c2ccc(CN3CCCCC3)cc2)c2cc(C(=O)NC(C)(C)c3ccccc3)sc21. The molecule has 4 aromatic rings. The van der Waals surface area contributed by atoms with Crippen LogP contribution in [-0.4, -0.2) is 66.7 Å². The fraction of sp³-hybridized carbons (Fsp3) is 0.394. The number of unbranched alkanes of at least 4 members (excludes halogenated alkanes) is 1. The van der Waals surface area contributed by atoms with Gasteiger partial charge in [0.15, 0.2) is 0 Å². The second-order valence-corrected chi connectivity index (χ2v) is 15.0. The average Bonchev–Trinajstić information content (AvgIpc) is 3.59. The molecule has 0 spiro atoms. The number of benzene rings is 2. The van der Waals surface area contributed by atoms with Gasteiger partial charge in [0.2, 0.25) is 0 Å². The molecule has 2 aromatic carbocycles. The molecule has 1 aliphatic rings. The van der Waals surface area contributed by atoms with Gasteiger partial charge in [0, 0.05) is 0 Å². The third-order valence-electron chi connectivity index (χ3n) is 7.70. The molecule has 1 aliphatic heterocycles. The molecule has 1 fully saturated rings. The number of rotatable bonds is 11. The molecular formula is C33H39AsN4O4S. The summed E-state index contributed by atoms with van der Waals surface area (Å²) in [6.07, 6.45) is 4.83. The molecule has 1 saturated heterocycles.